The second-order valence-electron chi connectivity index (χ2n) is 6.25. The van der Waals surface area contributed by atoms with Crippen molar-refractivity contribution in [3.8, 4) is 0 Å². The van der Waals surface area contributed by atoms with E-state index in [1.54, 1.807) is 0 Å². The number of aromatic nitrogens is 3. The van der Waals surface area contributed by atoms with Gasteiger partial charge in [-0.1, -0.05) is 0 Å². The molecule has 118 valence electrons. The van der Waals surface area contributed by atoms with Crippen LogP contribution in [0.5, 0.6) is 0 Å². The van der Waals surface area contributed by atoms with E-state index in [0.29, 0.717) is 18.1 Å². The zero-order valence-electron chi connectivity index (χ0n) is 13.1. The van der Waals surface area contributed by atoms with Crippen molar-refractivity contribution in [2.45, 2.75) is 51.2 Å². The lowest BCUT2D eigenvalue weighted by atomic mass is 9.80. The molecule has 6 heteroatoms. The van der Waals surface area contributed by atoms with E-state index in [4.69, 9.17) is 4.74 Å². The van der Waals surface area contributed by atoms with Crippen molar-refractivity contribution in [3.63, 3.8) is 0 Å². The van der Waals surface area contributed by atoms with Crippen molar-refractivity contribution < 1.29 is 4.74 Å². The maximum Gasteiger partial charge on any atom is 0.244 e. The predicted octanol–water partition coefficient (Wildman–Crippen LogP) is 1.35. The summed E-state index contributed by atoms with van der Waals surface area (Å²) in [7, 11) is 2.04. The number of rotatable bonds is 6. The lowest BCUT2D eigenvalue weighted by Crippen LogP contribution is -2.41. The first-order valence-corrected chi connectivity index (χ1v) is 8.23. The van der Waals surface area contributed by atoms with Crippen LogP contribution in [0.2, 0.25) is 0 Å². The molecule has 0 atom stereocenters. The highest BCUT2D eigenvalue weighted by Gasteiger charge is 2.30. The number of hydrogen-bond acceptors (Lipinski definition) is 5. The molecule has 1 saturated carbocycles. The minimum Gasteiger partial charge on any atom is -0.378 e. The molecule has 3 rings (SSSR count). The van der Waals surface area contributed by atoms with E-state index in [9.17, 15) is 0 Å². The fourth-order valence-electron chi connectivity index (χ4n) is 3.37. The van der Waals surface area contributed by atoms with Gasteiger partial charge in [0.25, 0.3) is 0 Å². The highest BCUT2D eigenvalue weighted by atomic mass is 16.5. The molecule has 6 nitrogen and oxygen atoms in total. The molecule has 2 aliphatic rings. The molecule has 1 aliphatic carbocycles. The SMILES string of the molecule is CCOC1CC(Cc2nc(N3CCC(NC)CC3)n[nH]2)C1. The maximum atomic E-state index is 5.61. The largest absolute Gasteiger partial charge is 0.378 e. The summed E-state index contributed by atoms with van der Waals surface area (Å²) in [4.78, 5) is 6.96. The lowest BCUT2D eigenvalue weighted by molar-refractivity contribution is -0.0245. The van der Waals surface area contributed by atoms with Crippen molar-refractivity contribution in [1.29, 1.82) is 0 Å². The first-order valence-electron chi connectivity index (χ1n) is 8.23. The monoisotopic (exact) mass is 293 g/mol. The van der Waals surface area contributed by atoms with Crippen molar-refractivity contribution >= 4 is 5.95 Å². The Morgan fingerprint density at radius 2 is 2.10 bits per heavy atom. The number of anilines is 1. The third kappa shape index (κ3) is 3.55. The molecule has 0 bridgehead atoms. The summed E-state index contributed by atoms with van der Waals surface area (Å²) in [5.41, 5.74) is 0. The number of piperidine rings is 1. The van der Waals surface area contributed by atoms with Gasteiger partial charge in [0.2, 0.25) is 5.95 Å². The van der Waals surface area contributed by atoms with Crippen LogP contribution in [0.25, 0.3) is 0 Å². The summed E-state index contributed by atoms with van der Waals surface area (Å²) in [5, 5.41) is 10.9. The Kier molecular flexibility index (Phi) is 4.75. The predicted molar refractivity (Wildman–Crippen MR) is 82.5 cm³/mol. The molecular weight excluding hydrogens is 266 g/mol. The number of ether oxygens (including phenoxy) is 1. The Bertz CT molecular complexity index is 435. The molecule has 1 aromatic heterocycles. The summed E-state index contributed by atoms with van der Waals surface area (Å²) in [6.45, 7) is 4.97. The van der Waals surface area contributed by atoms with E-state index in [1.165, 1.54) is 12.8 Å². The van der Waals surface area contributed by atoms with E-state index >= 15 is 0 Å². The molecule has 21 heavy (non-hydrogen) atoms. The molecule has 0 amide bonds. The van der Waals surface area contributed by atoms with Gasteiger partial charge < -0.3 is 15.0 Å². The number of aromatic amines is 1. The summed E-state index contributed by atoms with van der Waals surface area (Å²) in [5.74, 6) is 2.61. The highest BCUT2D eigenvalue weighted by molar-refractivity contribution is 5.29. The van der Waals surface area contributed by atoms with Crippen LogP contribution >= 0.6 is 0 Å². The van der Waals surface area contributed by atoms with Gasteiger partial charge in [-0.2, -0.15) is 4.98 Å². The van der Waals surface area contributed by atoms with Gasteiger partial charge in [0.05, 0.1) is 6.10 Å². The molecule has 2 heterocycles. The minimum atomic E-state index is 0.475. The summed E-state index contributed by atoms with van der Waals surface area (Å²) < 4.78 is 5.61. The fraction of sp³-hybridized carbons (Fsp3) is 0.867. The van der Waals surface area contributed by atoms with Gasteiger partial charge in [-0.15, -0.1) is 5.10 Å². The molecule has 0 aromatic carbocycles. The summed E-state index contributed by atoms with van der Waals surface area (Å²) in [6.07, 6.45) is 6.14. The topological polar surface area (TPSA) is 66.1 Å². The van der Waals surface area contributed by atoms with Crippen LogP contribution in [0.1, 0.15) is 38.4 Å². The van der Waals surface area contributed by atoms with Gasteiger partial charge in [-0.25, -0.2) is 0 Å². The Morgan fingerprint density at radius 3 is 2.76 bits per heavy atom. The Balaban J connectivity index is 1.46. The quantitative estimate of drug-likeness (QED) is 0.829. The highest BCUT2D eigenvalue weighted by Crippen LogP contribution is 2.32. The van der Waals surface area contributed by atoms with Crippen LogP contribution in [0.15, 0.2) is 0 Å². The van der Waals surface area contributed by atoms with Gasteiger partial charge >= 0.3 is 0 Å². The normalized spacial score (nSPS) is 26.9. The molecule has 1 aromatic rings. The van der Waals surface area contributed by atoms with Crippen molar-refractivity contribution in [2.24, 2.45) is 5.92 Å². The smallest absolute Gasteiger partial charge is 0.244 e. The van der Waals surface area contributed by atoms with Crippen molar-refractivity contribution in [3.05, 3.63) is 5.82 Å². The minimum absolute atomic E-state index is 0.475. The van der Waals surface area contributed by atoms with Crippen LogP contribution in [0.4, 0.5) is 5.95 Å². The molecule has 1 saturated heterocycles. The lowest BCUT2D eigenvalue weighted by Gasteiger charge is -2.34. The first-order chi connectivity index (χ1) is 10.3. The van der Waals surface area contributed by atoms with Gasteiger partial charge in [-0.3, -0.25) is 5.10 Å². The molecule has 0 spiro atoms. The average molecular weight is 293 g/mol. The Labute approximate surface area is 126 Å². The fourth-order valence-corrected chi connectivity index (χ4v) is 3.37. The van der Waals surface area contributed by atoms with Crippen LogP contribution in [-0.4, -0.2) is 54.1 Å². The van der Waals surface area contributed by atoms with Crippen LogP contribution in [0.3, 0.4) is 0 Å². The number of nitrogens with zero attached hydrogens (tertiary/aromatic N) is 3. The van der Waals surface area contributed by atoms with Gasteiger partial charge in [0.15, 0.2) is 0 Å². The molecular formula is C15H27N5O. The molecule has 0 unspecified atom stereocenters. The summed E-state index contributed by atoms with van der Waals surface area (Å²) >= 11 is 0. The summed E-state index contributed by atoms with van der Waals surface area (Å²) in [6, 6.07) is 0.644. The van der Waals surface area contributed by atoms with E-state index in [1.807, 2.05) is 7.05 Å². The second kappa shape index (κ2) is 6.75. The number of hydrogen-bond donors (Lipinski definition) is 2. The Morgan fingerprint density at radius 1 is 1.33 bits per heavy atom. The van der Waals surface area contributed by atoms with E-state index < -0.39 is 0 Å². The molecule has 2 fully saturated rings. The zero-order valence-corrected chi connectivity index (χ0v) is 13.1. The van der Waals surface area contributed by atoms with Crippen molar-refractivity contribution in [2.75, 3.05) is 31.6 Å². The third-order valence-corrected chi connectivity index (χ3v) is 4.78. The molecule has 0 radical (unpaired) electrons. The number of H-pyrrole nitrogens is 1. The maximum absolute atomic E-state index is 5.61. The number of nitrogens with one attached hydrogen (secondary N) is 2. The Hall–Kier alpha value is -1.14. The van der Waals surface area contributed by atoms with Crippen LogP contribution < -0.4 is 10.2 Å². The average Bonchev–Trinajstić information content (AvgIpc) is 2.94. The standard InChI is InChI=1S/C15H27N5O/c1-3-21-13-8-11(9-13)10-14-17-15(19-18-14)20-6-4-12(16-2)5-7-20/h11-13,16H,3-10H2,1-2H3,(H,17,18,19). The molecule has 2 N–H and O–H groups in total. The first kappa shape index (κ1) is 14.8. The van der Waals surface area contributed by atoms with Crippen LogP contribution in [-0.2, 0) is 11.2 Å². The van der Waals surface area contributed by atoms with E-state index in [2.05, 4.69) is 32.3 Å². The van der Waals surface area contributed by atoms with Gasteiger partial charge in [0.1, 0.15) is 5.82 Å². The molecule has 1 aliphatic heterocycles. The zero-order chi connectivity index (χ0) is 14.7. The van der Waals surface area contributed by atoms with Crippen LogP contribution in [0, 0.1) is 5.92 Å². The van der Waals surface area contributed by atoms with Crippen molar-refractivity contribution in [1.82, 2.24) is 20.5 Å². The van der Waals surface area contributed by atoms with Gasteiger partial charge in [0, 0.05) is 32.2 Å². The van der Waals surface area contributed by atoms with E-state index in [0.717, 1.165) is 50.7 Å². The second-order valence-corrected chi connectivity index (χ2v) is 6.25. The third-order valence-electron chi connectivity index (χ3n) is 4.78. The van der Waals surface area contributed by atoms with E-state index in [-0.39, 0.29) is 0 Å². The van der Waals surface area contributed by atoms with Gasteiger partial charge in [-0.05, 0) is 45.6 Å².